The minimum atomic E-state index is -0.407. The van der Waals surface area contributed by atoms with E-state index in [0.717, 1.165) is 10.4 Å². The topological polar surface area (TPSA) is 93.0 Å². The summed E-state index contributed by atoms with van der Waals surface area (Å²) >= 11 is 1.42. The zero-order chi connectivity index (χ0) is 18.0. The summed E-state index contributed by atoms with van der Waals surface area (Å²) in [6.07, 6.45) is 1.44. The van der Waals surface area contributed by atoms with Crippen LogP contribution in [0.4, 0.5) is 4.79 Å². The monoisotopic (exact) mass is 350 g/mol. The Labute approximate surface area is 144 Å². The summed E-state index contributed by atoms with van der Waals surface area (Å²) in [6, 6.07) is -0.746. The molecule has 9 heteroatoms. The summed E-state index contributed by atoms with van der Waals surface area (Å²) in [7, 11) is 0. The number of nitrogens with one attached hydrogen (secondary N) is 1. The van der Waals surface area contributed by atoms with Gasteiger partial charge in [-0.25, -0.2) is 4.79 Å². The van der Waals surface area contributed by atoms with E-state index in [4.69, 9.17) is 0 Å². The molecule has 2 aromatic heterocycles. The Morgan fingerprint density at radius 1 is 1.25 bits per heavy atom. The van der Waals surface area contributed by atoms with E-state index in [1.165, 1.54) is 27.2 Å². The van der Waals surface area contributed by atoms with Crippen LogP contribution in [0.1, 0.15) is 48.5 Å². The number of rotatable bonds is 4. The Morgan fingerprint density at radius 3 is 2.42 bits per heavy atom. The lowest BCUT2D eigenvalue weighted by Crippen LogP contribution is -2.49. The fourth-order valence-electron chi connectivity index (χ4n) is 2.27. The number of amides is 3. The summed E-state index contributed by atoms with van der Waals surface area (Å²) in [5.41, 5.74) is 1.29. The summed E-state index contributed by atoms with van der Waals surface area (Å²) in [5.74, 6) is -0.351. The van der Waals surface area contributed by atoms with Gasteiger partial charge in [0.2, 0.25) is 0 Å². The number of hydrogen-bond donors (Lipinski definition) is 1. The van der Waals surface area contributed by atoms with Crippen LogP contribution in [0.15, 0.2) is 6.33 Å². The van der Waals surface area contributed by atoms with Crippen molar-refractivity contribution in [2.45, 2.75) is 53.6 Å². The highest BCUT2D eigenvalue weighted by Gasteiger charge is 2.31. The molecule has 2 heterocycles. The van der Waals surface area contributed by atoms with E-state index in [2.05, 4.69) is 20.8 Å². The van der Waals surface area contributed by atoms with E-state index in [1.807, 2.05) is 41.5 Å². The van der Waals surface area contributed by atoms with Gasteiger partial charge in [-0.3, -0.25) is 9.69 Å². The second-order valence-corrected chi connectivity index (χ2v) is 7.29. The summed E-state index contributed by atoms with van der Waals surface area (Å²) in [4.78, 5) is 27.8. The molecule has 0 aliphatic rings. The van der Waals surface area contributed by atoms with E-state index < -0.39 is 6.03 Å². The summed E-state index contributed by atoms with van der Waals surface area (Å²) < 4.78 is 1.46. The number of urea groups is 1. The largest absolute Gasteiger partial charge is 0.335 e. The van der Waals surface area contributed by atoms with Crippen molar-refractivity contribution in [2.24, 2.45) is 0 Å². The number of imide groups is 1. The molecule has 0 aromatic carbocycles. The minimum absolute atomic E-state index is 0.0594. The fourth-order valence-corrected chi connectivity index (χ4v) is 3.34. The van der Waals surface area contributed by atoms with Gasteiger partial charge in [-0.15, -0.1) is 16.4 Å². The molecule has 0 unspecified atom stereocenters. The van der Waals surface area contributed by atoms with E-state index in [0.29, 0.717) is 10.6 Å². The van der Waals surface area contributed by atoms with Crippen LogP contribution in [0.5, 0.6) is 0 Å². The van der Waals surface area contributed by atoms with Crippen molar-refractivity contribution in [3.05, 3.63) is 22.3 Å². The molecule has 2 rings (SSSR count). The Morgan fingerprint density at radius 2 is 1.92 bits per heavy atom. The number of carbonyl (C=O) groups is 2. The molecule has 8 nitrogen and oxygen atoms in total. The third kappa shape index (κ3) is 3.45. The second-order valence-electron chi connectivity index (χ2n) is 6.09. The van der Waals surface area contributed by atoms with E-state index in [-0.39, 0.29) is 18.0 Å². The number of tetrazole rings is 1. The van der Waals surface area contributed by atoms with Crippen LogP contribution in [-0.2, 0) is 0 Å². The van der Waals surface area contributed by atoms with Crippen LogP contribution in [0.25, 0.3) is 5.00 Å². The van der Waals surface area contributed by atoms with Gasteiger partial charge in [0.15, 0.2) is 0 Å². The Bertz CT molecular complexity index is 735. The van der Waals surface area contributed by atoms with Gasteiger partial charge in [0.1, 0.15) is 11.3 Å². The highest BCUT2D eigenvalue weighted by atomic mass is 32.1. The number of aryl methyl sites for hydroxylation is 1. The summed E-state index contributed by atoms with van der Waals surface area (Å²) in [5, 5.41) is 14.5. The predicted molar refractivity (Wildman–Crippen MR) is 91.5 cm³/mol. The quantitative estimate of drug-likeness (QED) is 0.913. The molecule has 0 fully saturated rings. The first-order valence-corrected chi connectivity index (χ1v) is 8.53. The first-order valence-electron chi connectivity index (χ1n) is 7.71. The Kier molecular flexibility index (Phi) is 5.33. The van der Waals surface area contributed by atoms with Crippen LogP contribution in [0.3, 0.4) is 0 Å². The molecule has 3 amide bonds. The van der Waals surface area contributed by atoms with Gasteiger partial charge in [0.25, 0.3) is 5.91 Å². The molecule has 130 valence electrons. The number of carbonyl (C=O) groups excluding carboxylic acids is 2. The van der Waals surface area contributed by atoms with Crippen molar-refractivity contribution >= 4 is 23.3 Å². The van der Waals surface area contributed by atoms with E-state index >= 15 is 0 Å². The fraction of sp³-hybridized carbons (Fsp3) is 0.533. The van der Waals surface area contributed by atoms with Crippen LogP contribution >= 0.6 is 11.3 Å². The predicted octanol–water partition coefficient (Wildman–Crippen LogP) is 2.31. The number of aromatic nitrogens is 4. The van der Waals surface area contributed by atoms with Crippen LogP contribution < -0.4 is 5.32 Å². The van der Waals surface area contributed by atoms with Crippen molar-refractivity contribution in [2.75, 3.05) is 0 Å². The average molecular weight is 350 g/mol. The van der Waals surface area contributed by atoms with Crippen LogP contribution in [0, 0.1) is 13.8 Å². The average Bonchev–Trinajstić information content (AvgIpc) is 3.07. The smallest absolute Gasteiger partial charge is 0.324 e. The number of thiophene rings is 1. The lowest BCUT2D eigenvalue weighted by Gasteiger charge is -2.26. The second kappa shape index (κ2) is 7.08. The molecule has 0 radical (unpaired) electrons. The minimum Gasteiger partial charge on any atom is -0.335 e. The molecule has 0 aliphatic carbocycles. The van der Waals surface area contributed by atoms with Crippen molar-refractivity contribution in [3.63, 3.8) is 0 Å². The Balaban J connectivity index is 2.49. The van der Waals surface area contributed by atoms with Crippen LogP contribution in [-0.4, -0.2) is 49.1 Å². The van der Waals surface area contributed by atoms with Crippen molar-refractivity contribution in [3.8, 4) is 5.00 Å². The molecule has 24 heavy (non-hydrogen) atoms. The highest BCUT2D eigenvalue weighted by molar-refractivity contribution is 7.15. The van der Waals surface area contributed by atoms with Gasteiger partial charge in [-0.1, -0.05) is 0 Å². The van der Waals surface area contributed by atoms with Crippen LogP contribution in [0.2, 0.25) is 0 Å². The lowest BCUT2D eigenvalue weighted by molar-refractivity contribution is 0.0760. The molecule has 0 bridgehead atoms. The number of nitrogens with zero attached hydrogens (tertiary/aromatic N) is 5. The first kappa shape index (κ1) is 18.1. The maximum Gasteiger partial charge on any atom is 0.324 e. The van der Waals surface area contributed by atoms with Gasteiger partial charge in [-0.2, -0.15) is 4.68 Å². The highest BCUT2D eigenvalue weighted by Crippen LogP contribution is 2.31. The molecule has 0 atom stereocenters. The maximum atomic E-state index is 13.1. The van der Waals surface area contributed by atoms with E-state index in [9.17, 15) is 9.59 Å². The molecule has 2 aromatic rings. The molecule has 1 N–H and O–H groups in total. The normalized spacial score (nSPS) is 11.2. The van der Waals surface area contributed by atoms with Gasteiger partial charge < -0.3 is 5.32 Å². The van der Waals surface area contributed by atoms with E-state index in [1.54, 1.807) is 0 Å². The third-order valence-corrected chi connectivity index (χ3v) is 4.70. The van der Waals surface area contributed by atoms with Gasteiger partial charge in [-0.05, 0) is 57.5 Å². The Hall–Kier alpha value is -2.29. The zero-order valence-corrected chi connectivity index (χ0v) is 15.5. The van der Waals surface area contributed by atoms with Gasteiger partial charge in [0.05, 0.1) is 5.56 Å². The number of hydrogen-bond acceptors (Lipinski definition) is 6. The van der Waals surface area contributed by atoms with Gasteiger partial charge >= 0.3 is 6.03 Å². The first-order chi connectivity index (χ1) is 11.2. The standard InChI is InChI=1S/C15H22N6O2S/c1-8(2)17-15(23)21(9(3)4)13(22)12-10(5)11(6)24-14(12)20-7-16-18-19-20/h7-9H,1-6H3,(H,17,23). The zero-order valence-electron chi connectivity index (χ0n) is 14.7. The molecule has 0 spiro atoms. The third-order valence-electron chi connectivity index (χ3n) is 3.50. The molecule has 0 saturated heterocycles. The molecule has 0 saturated carbocycles. The van der Waals surface area contributed by atoms with Crippen molar-refractivity contribution in [1.82, 2.24) is 30.4 Å². The van der Waals surface area contributed by atoms with Gasteiger partial charge in [0, 0.05) is 17.0 Å². The summed E-state index contributed by atoms with van der Waals surface area (Å²) in [6.45, 7) is 11.1. The van der Waals surface area contributed by atoms with Crippen molar-refractivity contribution in [1.29, 1.82) is 0 Å². The molecule has 0 aliphatic heterocycles. The molecular weight excluding hydrogens is 328 g/mol. The molecular formula is C15H22N6O2S. The maximum absolute atomic E-state index is 13.1. The lowest BCUT2D eigenvalue weighted by atomic mass is 10.1. The van der Waals surface area contributed by atoms with Crippen molar-refractivity contribution < 1.29 is 9.59 Å². The SMILES string of the molecule is Cc1sc(-n2cnnn2)c(C(=O)N(C(=O)NC(C)C)C(C)C)c1C.